The number of halogens is 4. The van der Waals surface area contributed by atoms with E-state index in [1.54, 1.807) is 6.07 Å². The van der Waals surface area contributed by atoms with E-state index in [9.17, 15) is 17.6 Å². The van der Waals surface area contributed by atoms with Crippen molar-refractivity contribution >= 4 is 0 Å². The number of H-pyrrole nitrogens is 1. The van der Waals surface area contributed by atoms with Gasteiger partial charge in [0.1, 0.15) is 11.9 Å². The van der Waals surface area contributed by atoms with Crippen LogP contribution in [0.4, 0.5) is 17.6 Å². The predicted octanol–water partition coefficient (Wildman–Crippen LogP) is 2.72. The molecule has 2 heterocycles. The normalized spacial score (nSPS) is 18.1. The Morgan fingerprint density at radius 2 is 1.83 bits per heavy atom. The molecule has 124 valence electrons. The number of nitrogens with zero attached hydrogens (tertiary/aromatic N) is 2. The molecule has 1 fully saturated rings. The third kappa shape index (κ3) is 3.23. The fraction of sp³-hybridized carbons (Fsp3) is 0.400. The fourth-order valence-electron chi connectivity index (χ4n) is 2.90. The van der Waals surface area contributed by atoms with Crippen molar-refractivity contribution in [2.24, 2.45) is 0 Å². The third-order valence-electron chi connectivity index (χ3n) is 3.93. The first-order valence-corrected chi connectivity index (χ1v) is 7.28. The van der Waals surface area contributed by atoms with Gasteiger partial charge in [0, 0.05) is 37.3 Å². The SMILES string of the molecule is Fc1ccccc1-c1[nH]ncc1C(N1CCNCC1)C(F)(F)F. The number of hydrogen-bond acceptors (Lipinski definition) is 3. The lowest BCUT2D eigenvalue weighted by Crippen LogP contribution is -2.49. The number of alkyl halides is 3. The zero-order valence-corrected chi connectivity index (χ0v) is 12.2. The van der Waals surface area contributed by atoms with Crippen molar-refractivity contribution in [3.05, 3.63) is 41.8 Å². The van der Waals surface area contributed by atoms with E-state index in [0.29, 0.717) is 13.1 Å². The molecule has 0 radical (unpaired) electrons. The zero-order valence-electron chi connectivity index (χ0n) is 12.2. The van der Waals surface area contributed by atoms with Gasteiger partial charge in [-0.2, -0.15) is 18.3 Å². The first-order chi connectivity index (χ1) is 11.0. The van der Waals surface area contributed by atoms with Crippen LogP contribution >= 0.6 is 0 Å². The topological polar surface area (TPSA) is 44.0 Å². The molecular formula is C15H16F4N4. The maximum atomic E-state index is 14.0. The molecule has 1 aromatic carbocycles. The summed E-state index contributed by atoms with van der Waals surface area (Å²) in [6, 6.07) is 3.92. The van der Waals surface area contributed by atoms with Crippen molar-refractivity contribution < 1.29 is 17.6 Å². The van der Waals surface area contributed by atoms with Gasteiger partial charge in [0.25, 0.3) is 0 Å². The van der Waals surface area contributed by atoms with Gasteiger partial charge in [0.05, 0.1) is 11.9 Å². The van der Waals surface area contributed by atoms with Crippen LogP contribution in [-0.4, -0.2) is 47.5 Å². The number of piperazine rings is 1. The van der Waals surface area contributed by atoms with Gasteiger partial charge in [-0.05, 0) is 12.1 Å². The molecular weight excluding hydrogens is 312 g/mol. The average Bonchev–Trinajstić information content (AvgIpc) is 2.96. The van der Waals surface area contributed by atoms with Crippen LogP contribution in [-0.2, 0) is 0 Å². The zero-order chi connectivity index (χ0) is 16.4. The Bertz CT molecular complexity index is 661. The molecule has 0 aliphatic carbocycles. The molecule has 3 rings (SSSR count). The quantitative estimate of drug-likeness (QED) is 0.852. The summed E-state index contributed by atoms with van der Waals surface area (Å²) in [4.78, 5) is 1.35. The van der Waals surface area contributed by atoms with Gasteiger partial charge in [-0.1, -0.05) is 12.1 Å². The largest absolute Gasteiger partial charge is 0.408 e. The van der Waals surface area contributed by atoms with Crippen LogP contribution in [0.1, 0.15) is 11.6 Å². The molecule has 8 heteroatoms. The third-order valence-corrected chi connectivity index (χ3v) is 3.93. The van der Waals surface area contributed by atoms with Crippen LogP contribution in [0.3, 0.4) is 0 Å². The first-order valence-electron chi connectivity index (χ1n) is 7.28. The number of rotatable bonds is 3. The molecule has 1 saturated heterocycles. The molecule has 1 aliphatic heterocycles. The van der Waals surface area contributed by atoms with Gasteiger partial charge in [-0.3, -0.25) is 10.00 Å². The summed E-state index contributed by atoms with van der Waals surface area (Å²) in [6.07, 6.45) is -3.33. The molecule has 1 aromatic heterocycles. The summed E-state index contributed by atoms with van der Waals surface area (Å²) < 4.78 is 55.0. The molecule has 1 aliphatic rings. The minimum Gasteiger partial charge on any atom is -0.314 e. The number of hydrogen-bond donors (Lipinski definition) is 2. The second-order valence-corrected chi connectivity index (χ2v) is 5.41. The number of benzene rings is 1. The summed E-state index contributed by atoms with van der Waals surface area (Å²) in [6.45, 7) is 1.51. The average molecular weight is 328 g/mol. The molecule has 0 saturated carbocycles. The van der Waals surface area contributed by atoms with E-state index in [2.05, 4.69) is 15.5 Å². The van der Waals surface area contributed by atoms with E-state index in [-0.39, 0.29) is 29.9 Å². The smallest absolute Gasteiger partial charge is 0.314 e. The molecule has 2 N–H and O–H groups in total. The van der Waals surface area contributed by atoms with Crippen LogP contribution in [0.15, 0.2) is 30.5 Å². The van der Waals surface area contributed by atoms with Crippen molar-refractivity contribution in [1.82, 2.24) is 20.4 Å². The Labute approximate surface area is 130 Å². The van der Waals surface area contributed by atoms with E-state index in [4.69, 9.17) is 0 Å². The van der Waals surface area contributed by atoms with Crippen molar-refractivity contribution in [1.29, 1.82) is 0 Å². The lowest BCUT2D eigenvalue weighted by atomic mass is 10.00. The Morgan fingerprint density at radius 3 is 2.48 bits per heavy atom. The van der Waals surface area contributed by atoms with Crippen LogP contribution in [0, 0.1) is 5.82 Å². The van der Waals surface area contributed by atoms with Crippen molar-refractivity contribution in [2.75, 3.05) is 26.2 Å². The van der Waals surface area contributed by atoms with Crippen molar-refractivity contribution in [3.63, 3.8) is 0 Å². The van der Waals surface area contributed by atoms with Crippen LogP contribution in [0.2, 0.25) is 0 Å². The van der Waals surface area contributed by atoms with Gasteiger partial charge < -0.3 is 5.32 Å². The monoisotopic (exact) mass is 328 g/mol. The Hall–Kier alpha value is -1.93. The van der Waals surface area contributed by atoms with E-state index in [0.717, 1.165) is 6.20 Å². The minimum absolute atomic E-state index is 0.0514. The minimum atomic E-state index is -4.47. The van der Waals surface area contributed by atoms with Gasteiger partial charge in [0.2, 0.25) is 0 Å². The molecule has 4 nitrogen and oxygen atoms in total. The molecule has 0 spiro atoms. The molecule has 1 unspecified atom stereocenters. The Morgan fingerprint density at radius 1 is 1.13 bits per heavy atom. The number of nitrogens with one attached hydrogen (secondary N) is 2. The molecule has 0 amide bonds. The maximum Gasteiger partial charge on any atom is 0.408 e. The summed E-state index contributed by atoms with van der Waals surface area (Å²) >= 11 is 0. The highest BCUT2D eigenvalue weighted by Gasteiger charge is 2.46. The maximum absolute atomic E-state index is 14.0. The summed E-state index contributed by atoms with van der Waals surface area (Å²) in [5.74, 6) is -0.584. The molecule has 2 aromatic rings. The van der Waals surface area contributed by atoms with Crippen molar-refractivity contribution in [3.8, 4) is 11.3 Å². The van der Waals surface area contributed by atoms with Crippen LogP contribution in [0.25, 0.3) is 11.3 Å². The number of aromatic amines is 1. The predicted molar refractivity (Wildman–Crippen MR) is 77.2 cm³/mol. The lowest BCUT2D eigenvalue weighted by Gasteiger charge is -2.36. The fourth-order valence-corrected chi connectivity index (χ4v) is 2.90. The summed E-state index contributed by atoms with van der Waals surface area (Å²) in [5.41, 5.74) is 0.109. The Balaban J connectivity index is 2.04. The lowest BCUT2D eigenvalue weighted by molar-refractivity contribution is -0.187. The van der Waals surface area contributed by atoms with Crippen LogP contribution < -0.4 is 5.32 Å². The highest BCUT2D eigenvalue weighted by Crippen LogP contribution is 2.41. The molecule has 23 heavy (non-hydrogen) atoms. The number of aromatic nitrogens is 2. The second kappa shape index (κ2) is 6.29. The van der Waals surface area contributed by atoms with E-state index >= 15 is 0 Å². The first kappa shape index (κ1) is 15.9. The highest BCUT2D eigenvalue weighted by molar-refractivity contribution is 5.64. The molecule has 0 bridgehead atoms. The van der Waals surface area contributed by atoms with Gasteiger partial charge in [-0.25, -0.2) is 4.39 Å². The van der Waals surface area contributed by atoms with Gasteiger partial charge >= 0.3 is 6.18 Å². The second-order valence-electron chi connectivity index (χ2n) is 5.41. The standard InChI is InChI=1S/C15H16F4N4/c16-12-4-2-1-3-10(12)13-11(9-21-22-13)14(15(17,18)19)23-7-5-20-6-8-23/h1-4,9,14,20H,5-8H2,(H,21,22). The van der Waals surface area contributed by atoms with E-state index in [1.165, 1.54) is 23.1 Å². The Kier molecular flexibility index (Phi) is 4.36. The van der Waals surface area contributed by atoms with Crippen LogP contribution in [0.5, 0.6) is 0 Å². The van der Waals surface area contributed by atoms with E-state index < -0.39 is 18.0 Å². The van der Waals surface area contributed by atoms with Gasteiger partial charge in [0.15, 0.2) is 0 Å². The van der Waals surface area contributed by atoms with Gasteiger partial charge in [-0.15, -0.1) is 0 Å². The van der Waals surface area contributed by atoms with Crippen molar-refractivity contribution in [2.45, 2.75) is 12.2 Å². The van der Waals surface area contributed by atoms with E-state index in [1.807, 2.05) is 0 Å². The highest BCUT2D eigenvalue weighted by atomic mass is 19.4. The summed E-state index contributed by atoms with van der Waals surface area (Å²) in [5, 5.41) is 9.29. The molecule has 1 atom stereocenters. The summed E-state index contributed by atoms with van der Waals surface area (Å²) in [7, 11) is 0.